The van der Waals surface area contributed by atoms with E-state index in [0.29, 0.717) is 11.0 Å². The number of aliphatic hydroxyl groups excluding tert-OH is 1. The van der Waals surface area contributed by atoms with E-state index in [4.69, 9.17) is 11.6 Å². The molecule has 0 aliphatic rings. The lowest BCUT2D eigenvalue weighted by Crippen LogP contribution is -2.24. The summed E-state index contributed by atoms with van der Waals surface area (Å²) in [4.78, 5) is 8.37. The van der Waals surface area contributed by atoms with Gasteiger partial charge in [0.2, 0.25) is 5.95 Å². The normalized spacial score (nSPS) is 12.2. The monoisotopic (exact) mass is 373 g/mol. The zero-order valence-electron chi connectivity index (χ0n) is 13.1. The maximum absolute atomic E-state index is 13.7. The molecule has 0 aliphatic heterocycles. The van der Waals surface area contributed by atoms with Crippen molar-refractivity contribution in [2.45, 2.75) is 36.6 Å². The molecule has 0 amide bonds. The Kier molecular flexibility index (Phi) is 7.20. The van der Waals surface area contributed by atoms with E-state index in [0.717, 1.165) is 18.9 Å². The van der Waals surface area contributed by atoms with Gasteiger partial charge < -0.3 is 10.4 Å². The second-order valence-corrected chi connectivity index (χ2v) is 6.55. The highest BCUT2D eigenvalue weighted by molar-refractivity contribution is 7.98. The molecule has 0 spiro atoms. The minimum Gasteiger partial charge on any atom is -0.394 e. The van der Waals surface area contributed by atoms with Crippen molar-refractivity contribution >= 4 is 29.3 Å². The van der Waals surface area contributed by atoms with E-state index in [1.165, 1.54) is 23.9 Å². The van der Waals surface area contributed by atoms with Gasteiger partial charge >= 0.3 is 0 Å². The van der Waals surface area contributed by atoms with E-state index in [9.17, 15) is 13.9 Å². The molecule has 0 radical (unpaired) electrons. The number of hydrogen-bond donors (Lipinski definition) is 2. The number of benzene rings is 1. The first-order valence-electron chi connectivity index (χ1n) is 7.51. The topological polar surface area (TPSA) is 58.0 Å². The number of rotatable bonds is 8. The quantitative estimate of drug-likeness (QED) is 0.534. The van der Waals surface area contributed by atoms with Crippen molar-refractivity contribution in [3.8, 4) is 0 Å². The van der Waals surface area contributed by atoms with Gasteiger partial charge in [0.15, 0.2) is 11.6 Å². The molecule has 4 nitrogen and oxygen atoms in total. The van der Waals surface area contributed by atoms with Crippen molar-refractivity contribution in [3.63, 3.8) is 0 Å². The van der Waals surface area contributed by atoms with Crippen LogP contribution in [0, 0.1) is 11.6 Å². The molecule has 1 heterocycles. The summed E-state index contributed by atoms with van der Waals surface area (Å²) in [5.41, 5.74) is 0.253. The van der Waals surface area contributed by atoms with Gasteiger partial charge in [-0.2, -0.15) is 0 Å². The fourth-order valence-corrected chi connectivity index (χ4v) is 3.21. The van der Waals surface area contributed by atoms with Gasteiger partial charge in [-0.15, -0.1) is 11.8 Å². The van der Waals surface area contributed by atoms with Crippen LogP contribution in [0.15, 0.2) is 29.3 Å². The van der Waals surface area contributed by atoms with E-state index in [1.54, 1.807) is 6.07 Å². The Labute approximate surface area is 148 Å². The first-order valence-corrected chi connectivity index (χ1v) is 8.87. The van der Waals surface area contributed by atoms with Crippen LogP contribution in [0.4, 0.5) is 14.7 Å². The second-order valence-electron chi connectivity index (χ2n) is 5.17. The van der Waals surface area contributed by atoms with E-state index in [2.05, 4.69) is 15.3 Å². The molecule has 0 aliphatic carbocycles. The van der Waals surface area contributed by atoms with Crippen LogP contribution in [0.3, 0.4) is 0 Å². The third-order valence-corrected chi connectivity index (χ3v) is 4.42. The standard InChI is InChI=1S/C16H18ClF2N3OS/c1-2-4-11(8-23)20-16-21-13(17)7-14(22-16)24-9-10-5-3-6-12(18)15(10)19/h3,5-7,11,23H,2,4,8-9H2,1H3,(H,20,21,22)/t11-/m1/s1. The van der Waals surface area contributed by atoms with Crippen LogP contribution < -0.4 is 5.32 Å². The molecule has 1 aromatic heterocycles. The Bertz CT molecular complexity index is 690. The number of anilines is 1. The molecule has 0 saturated heterocycles. The van der Waals surface area contributed by atoms with Crippen molar-refractivity contribution in [1.82, 2.24) is 9.97 Å². The number of hydrogen-bond acceptors (Lipinski definition) is 5. The lowest BCUT2D eigenvalue weighted by molar-refractivity contribution is 0.268. The molecule has 2 aromatic rings. The highest BCUT2D eigenvalue weighted by atomic mass is 35.5. The minimum absolute atomic E-state index is 0.0410. The van der Waals surface area contributed by atoms with Crippen molar-refractivity contribution in [2.24, 2.45) is 0 Å². The van der Waals surface area contributed by atoms with Gasteiger partial charge in [-0.05, 0) is 12.5 Å². The summed E-state index contributed by atoms with van der Waals surface area (Å²) in [7, 11) is 0. The van der Waals surface area contributed by atoms with Gasteiger partial charge in [-0.3, -0.25) is 0 Å². The van der Waals surface area contributed by atoms with E-state index in [1.807, 2.05) is 6.92 Å². The third kappa shape index (κ3) is 5.29. The van der Waals surface area contributed by atoms with Crippen LogP contribution in [0.2, 0.25) is 5.15 Å². The molecule has 0 unspecified atom stereocenters. The molecule has 0 saturated carbocycles. The lowest BCUT2D eigenvalue weighted by atomic mass is 10.2. The zero-order chi connectivity index (χ0) is 17.5. The summed E-state index contributed by atoms with van der Waals surface area (Å²) in [6, 6.07) is 5.46. The van der Waals surface area contributed by atoms with Gasteiger partial charge in [0, 0.05) is 17.4 Å². The highest BCUT2D eigenvalue weighted by Gasteiger charge is 2.12. The molecular formula is C16H18ClF2N3OS. The fraction of sp³-hybridized carbons (Fsp3) is 0.375. The summed E-state index contributed by atoms with van der Waals surface area (Å²) in [6.45, 7) is 1.97. The summed E-state index contributed by atoms with van der Waals surface area (Å²) in [6.07, 6.45) is 1.67. The first-order chi connectivity index (χ1) is 11.5. The third-order valence-electron chi connectivity index (χ3n) is 3.27. The minimum atomic E-state index is -0.874. The van der Waals surface area contributed by atoms with Crippen molar-refractivity contribution in [2.75, 3.05) is 11.9 Å². The van der Waals surface area contributed by atoms with Gasteiger partial charge in [0.05, 0.1) is 12.6 Å². The molecule has 1 aromatic carbocycles. The molecule has 2 N–H and O–H groups in total. The number of nitrogens with zero attached hydrogens (tertiary/aromatic N) is 2. The van der Waals surface area contributed by atoms with E-state index < -0.39 is 11.6 Å². The zero-order valence-corrected chi connectivity index (χ0v) is 14.7. The average molecular weight is 374 g/mol. The number of aliphatic hydroxyl groups is 1. The van der Waals surface area contributed by atoms with Crippen LogP contribution in [0.25, 0.3) is 0 Å². The lowest BCUT2D eigenvalue weighted by Gasteiger charge is -2.15. The van der Waals surface area contributed by atoms with Gasteiger partial charge in [-0.25, -0.2) is 18.7 Å². The van der Waals surface area contributed by atoms with Crippen LogP contribution in [0.5, 0.6) is 0 Å². The fourth-order valence-electron chi connectivity index (χ4n) is 2.09. The van der Waals surface area contributed by atoms with Gasteiger partial charge in [0.1, 0.15) is 10.2 Å². The Morgan fingerprint density at radius 2 is 2.12 bits per heavy atom. The molecule has 1 atom stereocenters. The van der Waals surface area contributed by atoms with E-state index in [-0.39, 0.29) is 29.1 Å². The summed E-state index contributed by atoms with van der Waals surface area (Å²) in [5.74, 6) is -1.21. The van der Waals surface area contributed by atoms with Crippen molar-refractivity contribution < 1.29 is 13.9 Å². The molecule has 24 heavy (non-hydrogen) atoms. The molecule has 0 bridgehead atoms. The SMILES string of the molecule is CCC[C@H](CO)Nc1nc(Cl)cc(SCc2cccc(F)c2F)n1. The Hall–Kier alpha value is -1.44. The first kappa shape index (κ1) is 18.9. The van der Waals surface area contributed by atoms with Gasteiger partial charge in [0.25, 0.3) is 0 Å². The average Bonchev–Trinajstić information content (AvgIpc) is 2.55. The Morgan fingerprint density at radius 1 is 1.33 bits per heavy atom. The van der Waals surface area contributed by atoms with Crippen molar-refractivity contribution in [1.29, 1.82) is 0 Å². The second kappa shape index (κ2) is 9.15. The van der Waals surface area contributed by atoms with Crippen LogP contribution >= 0.6 is 23.4 Å². The summed E-state index contributed by atoms with van der Waals surface area (Å²) < 4.78 is 26.9. The molecule has 2 rings (SSSR count). The van der Waals surface area contributed by atoms with Crippen LogP contribution in [0.1, 0.15) is 25.3 Å². The Morgan fingerprint density at radius 3 is 2.83 bits per heavy atom. The van der Waals surface area contributed by atoms with E-state index >= 15 is 0 Å². The summed E-state index contributed by atoms with van der Waals surface area (Å²) >= 11 is 7.22. The predicted molar refractivity (Wildman–Crippen MR) is 92.4 cm³/mol. The maximum Gasteiger partial charge on any atom is 0.225 e. The summed E-state index contributed by atoms with van der Waals surface area (Å²) in [5, 5.41) is 13.1. The van der Waals surface area contributed by atoms with Crippen LogP contribution in [-0.4, -0.2) is 27.7 Å². The largest absolute Gasteiger partial charge is 0.394 e. The van der Waals surface area contributed by atoms with Crippen LogP contribution in [-0.2, 0) is 5.75 Å². The number of aromatic nitrogens is 2. The number of halogens is 3. The maximum atomic E-state index is 13.7. The predicted octanol–water partition coefficient (Wildman–Crippen LogP) is 4.27. The molecule has 130 valence electrons. The molecule has 8 heteroatoms. The molecular weight excluding hydrogens is 356 g/mol. The van der Waals surface area contributed by atoms with Gasteiger partial charge in [-0.1, -0.05) is 37.1 Å². The number of nitrogens with one attached hydrogen (secondary N) is 1. The molecule has 0 fully saturated rings. The number of thioether (sulfide) groups is 1. The highest BCUT2D eigenvalue weighted by Crippen LogP contribution is 2.26. The Balaban J connectivity index is 2.09. The van der Waals surface area contributed by atoms with Crippen molar-refractivity contribution in [3.05, 3.63) is 46.6 Å². The smallest absolute Gasteiger partial charge is 0.225 e.